The van der Waals surface area contributed by atoms with Gasteiger partial charge < -0.3 is 5.32 Å². The van der Waals surface area contributed by atoms with Crippen LogP contribution in [0.1, 0.15) is 50.4 Å². The summed E-state index contributed by atoms with van der Waals surface area (Å²) in [4.78, 5) is 18.0. The van der Waals surface area contributed by atoms with Crippen molar-refractivity contribution in [1.82, 2.24) is 9.62 Å². The number of hydrogen-bond donors (Lipinski definition) is 2. The van der Waals surface area contributed by atoms with Crippen molar-refractivity contribution in [2.75, 3.05) is 11.9 Å². The summed E-state index contributed by atoms with van der Waals surface area (Å²) in [6.07, 6.45) is 2.72. The molecule has 38 heavy (non-hydrogen) atoms. The Hall–Kier alpha value is -3.49. The van der Waals surface area contributed by atoms with Crippen molar-refractivity contribution < 1.29 is 13.2 Å². The molecule has 2 aliphatic rings. The molecule has 3 aromatic carbocycles. The van der Waals surface area contributed by atoms with E-state index in [0.717, 1.165) is 24.9 Å². The van der Waals surface area contributed by atoms with Crippen LogP contribution >= 0.6 is 0 Å². The van der Waals surface area contributed by atoms with Crippen LogP contribution in [0.15, 0.2) is 94.8 Å². The Morgan fingerprint density at radius 1 is 0.921 bits per heavy atom. The maximum atomic E-state index is 13.8. The van der Waals surface area contributed by atoms with Crippen LogP contribution in [0.4, 0.5) is 11.4 Å². The molecule has 2 bridgehead atoms. The molecule has 1 amide bonds. The molecule has 2 atom stereocenters. The van der Waals surface area contributed by atoms with Crippen LogP contribution in [-0.2, 0) is 10.0 Å². The average Bonchev–Trinajstić information content (AvgIpc) is 3.14. The summed E-state index contributed by atoms with van der Waals surface area (Å²) in [6, 6.07) is 24.9. The molecule has 1 aliphatic heterocycles. The van der Waals surface area contributed by atoms with Crippen molar-refractivity contribution in [3.63, 3.8) is 0 Å². The van der Waals surface area contributed by atoms with E-state index in [2.05, 4.69) is 36.4 Å². The van der Waals surface area contributed by atoms with E-state index in [1.807, 2.05) is 60.7 Å². The zero-order valence-corrected chi connectivity index (χ0v) is 22.8. The molecule has 8 heteroatoms. The van der Waals surface area contributed by atoms with Crippen LogP contribution in [0.5, 0.6) is 0 Å². The first-order valence-corrected chi connectivity index (χ1v) is 14.4. The predicted molar refractivity (Wildman–Crippen MR) is 151 cm³/mol. The number of benzene rings is 3. The minimum atomic E-state index is -3.76. The van der Waals surface area contributed by atoms with Crippen LogP contribution in [0, 0.1) is 10.8 Å². The Kier molecular flexibility index (Phi) is 6.88. The van der Waals surface area contributed by atoms with E-state index in [9.17, 15) is 13.2 Å². The van der Waals surface area contributed by atoms with Gasteiger partial charge in [0, 0.05) is 23.8 Å². The number of rotatable bonds is 5. The molecule has 0 radical (unpaired) electrons. The van der Waals surface area contributed by atoms with Crippen LogP contribution < -0.4 is 10.6 Å². The molecule has 5 rings (SSSR count). The van der Waals surface area contributed by atoms with Crippen LogP contribution in [0.25, 0.3) is 0 Å². The standard InChI is InChI=1S/C30H34N4O3S/c1-29(2)18-25-19-30(3,20-29)21-34(25)38(36,37)26-16-10-11-22(17-26)27(35)33-28(31-23-12-6-4-7-13-23)32-24-14-8-5-9-15-24/h4-17,25H,18-21H2,1-3H3,(H2,31,32,33,35). The predicted octanol–water partition coefficient (Wildman–Crippen LogP) is 5.81. The minimum Gasteiger partial charge on any atom is -0.326 e. The number of amides is 1. The van der Waals surface area contributed by atoms with Crippen LogP contribution in [0.2, 0.25) is 0 Å². The van der Waals surface area contributed by atoms with Gasteiger partial charge in [0.1, 0.15) is 0 Å². The lowest BCUT2D eigenvalue weighted by molar-refractivity contribution is 0.0976. The topological polar surface area (TPSA) is 90.9 Å². The van der Waals surface area contributed by atoms with E-state index in [1.165, 1.54) is 6.07 Å². The molecular weight excluding hydrogens is 496 g/mol. The second kappa shape index (κ2) is 10.0. The van der Waals surface area contributed by atoms with Gasteiger partial charge in [0.25, 0.3) is 5.91 Å². The maximum Gasteiger partial charge on any atom is 0.258 e. The largest absolute Gasteiger partial charge is 0.326 e. The number of anilines is 1. The maximum absolute atomic E-state index is 13.8. The second-order valence-corrected chi connectivity index (χ2v) is 13.4. The van der Waals surface area contributed by atoms with Crippen molar-refractivity contribution >= 4 is 33.3 Å². The number of hydrogen-bond acceptors (Lipinski definition) is 4. The normalized spacial score (nSPS) is 23.1. The van der Waals surface area contributed by atoms with Gasteiger partial charge >= 0.3 is 0 Å². The van der Waals surface area contributed by atoms with E-state index < -0.39 is 15.9 Å². The fourth-order valence-corrected chi connectivity index (χ4v) is 8.00. The number of para-hydroxylation sites is 2. The third-order valence-corrected chi connectivity index (χ3v) is 9.23. The molecule has 198 valence electrons. The van der Waals surface area contributed by atoms with Gasteiger partial charge in [-0.2, -0.15) is 4.31 Å². The zero-order valence-electron chi connectivity index (χ0n) is 22.0. The highest BCUT2D eigenvalue weighted by Crippen LogP contribution is 2.53. The van der Waals surface area contributed by atoms with E-state index in [4.69, 9.17) is 0 Å². The zero-order chi connectivity index (χ0) is 27.0. The highest BCUT2D eigenvalue weighted by molar-refractivity contribution is 7.89. The summed E-state index contributed by atoms with van der Waals surface area (Å²) < 4.78 is 29.2. The van der Waals surface area contributed by atoms with E-state index >= 15 is 0 Å². The third kappa shape index (κ3) is 5.66. The SMILES string of the molecule is CC1(C)CC2CC(C)(CN2S(=O)(=O)c2cccc(C(=O)NC(=Nc3ccccc3)Nc3ccccc3)c2)C1. The van der Waals surface area contributed by atoms with Crippen LogP contribution in [-0.4, -0.2) is 37.2 Å². The molecule has 0 spiro atoms. The Bertz CT molecular complexity index is 1460. The lowest BCUT2D eigenvalue weighted by Crippen LogP contribution is -2.38. The van der Waals surface area contributed by atoms with Gasteiger partial charge in [-0.25, -0.2) is 13.4 Å². The van der Waals surface area contributed by atoms with Crippen molar-refractivity contribution in [2.24, 2.45) is 15.8 Å². The molecule has 1 heterocycles. The summed E-state index contributed by atoms with van der Waals surface area (Å²) >= 11 is 0. The van der Waals surface area contributed by atoms with E-state index in [-0.39, 0.29) is 33.3 Å². The van der Waals surface area contributed by atoms with Gasteiger partial charge in [-0.15, -0.1) is 0 Å². The number of nitrogens with one attached hydrogen (secondary N) is 2. The number of aliphatic imine (C=N–C) groups is 1. The number of carbonyl (C=O) groups excluding carboxylic acids is 1. The molecule has 7 nitrogen and oxygen atoms in total. The van der Waals surface area contributed by atoms with Crippen molar-refractivity contribution in [1.29, 1.82) is 0 Å². The first kappa shape index (κ1) is 26.1. The first-order chi connectivity index (χ1) is 18.0. The van der Waals surface area contributed by atoms with Crippen molar-refractivity contribution in [3.8, 4) is 0 Å². The van der Waals surface area contributed by atoms with E-state index in [1.54, 1.807) is 22.5 Å². The number of fused-ring (bicyclic) bond motifs is 2. The third-order valence-electron chi connectivity index (χ3n) is 7.34. The number of carbonyl (C=O) groups is 1. The summed E-state index contributed by atoms with van der Waals surface area (Å²) in [5.41, 5.74) is 1.74. The van der Waals surface area contributed by atoms with Crippen molar-refractivity contribution in [3.05, 3.63) is 90.5 Å². The monoisotopic (exact) mass is 530 g/mol. The van der Waals surface area contributed by atoms with Gasteiger partial charge in [-0.05, 0) is 72.6 Å². The lowest BCUT2D eigenvalue weighted by Gasteiger charge is -2.39. The van der Waals surface area contributed by atoms with Gasteiger partial charge in [-0.3, -0.25) is 10.1 Å². The fraction of sp³-hybridized carbons (Fsp3) is 0.333. The number of nitrogens with zero attached hydrogens (tertiary/aromatic N) is 2. The molecule has 2 fully saturated rings. The fourth-order valence-electron chi connectivity index (χ4n) is 6.18. The second-order valence-electron chi connectivity index (χ2n) is 11.5. The Morgan fingerprint density at radius 3 is 2.32 bits per heavy atom. The molecule has 1 saturated carbocycles. The van der Waals surface area contributed by atoms with Gasteiger partial charge in [0.05, 0.1) is 10.6 Å². The highest BCUT2D eigenvalue weighted by Gasteiger charge is 2.53. The van der Waals surface area contributed by atoms with Crippen molar-refractivity contribution in [2.45, 2.75) is 51.0 Å². The van der Waals surface area contributed by atoms with Gasteiger partial charge in [0.15, 0.2) is 0 Å². The first-order valence-electron chi connectivity index (χ1n) is 12.9. The Labute approximate surface area is 225 Å². The molecule has 2 unspecified atom stereocenters. The Balaban J connectivity index is 1.40. The number of sulfonamides is 1. The molecule has 3 aromatic rings. The highest BCUT2D eigenvalue weighted by atomic mass is 32.2. The molecule has 1 saturated heterocycles. The smallest absolute Gasteiger partial charge is 0.258 e. The molecular formula is C30H34N4O3S. The Morgan fingerprint density at radius 2 is 1.61 bits per heavy atom. The lowest BCUT2D eigenvalue weighted by atomic mass is 9.65. The summed E-state index contributed by atoms with van der Waals surface area (Å²) in [5.74, 6) is -0.211. The molecule has 1 aliphatic carbocycles. The quantitative estimate of drug-likeness (QED) is 0.322. The average molecular weight is 531 g/mol. The molecule has 2 N–H and O–H groups in total. The molecule has 0 aromatic heterocycles. The van der Waals surface area contributed by atoms with Gasteiger partial charge in [0.2, 0.25) is 16.0 Å². The number of guanidine groups is 1. The summed E-state index contributed by atoms with van der Waals surface area (Å²) in [7, 11) is -3.76. The van der Waals surface area contributed by atoms with Crippen LogP contribution in [0.3, 0.4) is 0 Å². The summed E-state index contributed by atoms with van der Waals surface area (Å²) in [6.45, 7) is 7.13. The minimum absolute atomic E-state index is 0.0223. The van der Waals surface area contributed by atoms with Gasteiger partial charge in [-0.1, -0.05) is 63.2 Å². The summed E-state index contributed by atoms with van der Waals surface area (Å²) in [5, 5.41) is 5.97. The van der Waals surface area contributed by atoms with E-state index in [0.29, 0.717) is 12.2 Å².